The number of furan rings is 1. The van der Waals surface area contributed by atoms with Gasteiger partial charge in [0.05, 0.1) is 19.6 Å². The normalized spacial score (nSPS) is 10.5. The summed E-state index contributed by atoms with van der Waals surface area (Å²) in [5, 5.41) is 0. The van der Waals surface area contributed by atoms with Crippen LogP contribution in [0.3, 0.4) is 0 Å². The number of ether oxygens (including phenoxy) is 1. The molecule has 0 spiro atoms. The Hall–Kier alpha value is -2.49. The van der Waals surface area contributed by atoms with E-state index in [0.29, 0.717) is 0 Å². The van der Waals surface area contributed by atoms with Crippen LogP contribution in [-0.2, 0) is 0 Å². The lowest BCUT2D eigenvalue weighted by Crippen LogP contribution is -1.89. The van der Waals surface area contributed by atoms with Crippen molar-refractivity contribution in [3.63, 3.8) is 0 Å². The zero-order chi connectivity index (χ0) is 12.4. The van der Waals surface area contributed by atoms with Gasteiger partial charge >= 0.3 is 0 Å². The molecular weight excluding hydrogens is 228 g/mol. The first-order valence-electron chi connectivity index (χ1n) is 5.59. The molecule has 2 aromatic heterocycles. The topological polar surface area (TPSA) is 51.1 Å². The highest BCUT2D eigenvalue weighted by Crippen LogP contribution is 2.33. The van der Waals surface area contributed by atoms with E-state index in [1.807, 2.05) is 24.3 Å². The van der Waals surface area contributed by atoms with Gasteiger partial charge in [0.2, 0.25) is 0 Å². The van der Waals surface area contributed by atoms with Crippen LogP contribution in [0.25, 0.3) is 22.5 Å². The van der Waals surface area contributed by atoms with Crippen LogP contribution in [0.2, 0.25) is 0 Å². The summed E-state index contributed by atoms with van der Waals surface area (Å²) in [7, 11) is 1.65. The van der Waals surface area contributed by atoms with E-state index >= 15 is 0 Å². The minimum atomic E-state index is 0.800. The number of methoxy groups -OCH3 is 1. The highest BCUT2D eigenvalue weighted by molar-refractivity contribution is 5.81. The molecule has 0 bridgehead atoms. The molecule has 3 rings (SSSR count). The molecule has 2 heterocycles. The number of nitrogens with zero attached hydrogens (tertiary/aromatic N) is 1. The predicted molar refractivity (Wildman–Crippen MR) is 68.3 cm³/mol. The third-order valence-corrected chi connectivity index (χ3v) is 2.81. The van der Waals surface area contributed by atoms with Crippen LogP contribution in [0.15, 0.2) is 53.6 Å². The smallest absolute Gasteiger partial charge is 0.138 e. The van der Waals surface area contributed by atoms with Gasteiger partial charge in [0.1, 0.15) is 11.6 Å². The molecule has 4 heteroatoms. The highest BCUT2D eigenvalue weighted by atomic mass is 16.5. The van der Waals surface area contributed by atoms with Gasteiger partial charge < -0.3 is 14.1 Å². The standard InChI is InChI=1S/C14H12N2O2/c1-17-11-2-3-12(10-4-7-18-9-10)13(8-11)14-15-5-6-16-14/h2-9H,1H3,(H,15,16). The zero-order valence-electron chi connectivity index (χ0n) is 9.88. The van der Waals surface area contributed by atoms with Gasteiger partial charge in [-0.15, -0.1) is 0 Å². The maximum absolute atomic E-state index is 5.26. The Morgan fingerprint density at radius 2 is 2.17 bits per heavy atom. The SMILES string of the molecule is COc1ccc(-c2ccoc2)c(-c2ncc[nH]2)c1. The van der Waals surface area contributed by atoms with Crippen molar-refractivity contribution in [3.8, 4) is 28.3 Å². The Kier molecular flexibility index (Phi) is 2.61. The van der Waals surface area contributed by atoms with Crippen molar-refractivity contribution >= 4 is 0 Å². The molecule has 0 atom stereocenters. The first-order valence-corrected chi connectivity index (χ1v) is 5.59. The van der Waals surface area contributed by atoms with Crippen molar-refractivity contribution in [1.82, 2.24) is 9.97 Å². The lowest BCUT2D eigenvalue weighted by atomic mass is 10.0. The summed E-state index contributed by atoms with van der Waals surface area (Å²) in [6.45, 7) is 0. The number of rotatable bonds is 3. The second-order valence-corrected chi connectivity index (χ2v) is 3.86. The first kappa shape index (κ1) is 10.7. The summed E-state index contributed by atoms with van der Waals surface area (Å²) in [5.41, 5.74) is 3.06. The Labute approximate surface area is 104 Å². The fraction of sp³-hybridized carbons (Fsp3) is 0.0714. The summed E-state index contributed by atoms with van der Waals surface area (Å²) in [5.74, 6) is 1.61. The van der Waals surface area contributed by atoms with Crippen LogP contribution in [0, 0.1) is 0 Å². The van der Waals surface area contributed by atoms with Crippen LogP contribution in [0.5, 0.6) is 5.75 Å². The van der Waals surface area contributed by atoms with Gasteiger partial charge in [-0.2, -0.15) is 0 Å². The van der Waals surface area contributed by atoms with Crippen LogP contribution in [0.4, 0.5) is 0 Å². The average molecular weight is 240 g/mol. The van der Waals surface area contributed by atoms with Crippen molar-refractivity contribution < 1.29 is 9.15 Å². The molecular formula is C14H12N2O2. The lowest BCUT2D eigenvalue weighted by molar-refractivity contribution is 0.415. The molecule has 90 valence electrons. The van der Waals surface area contributed by atoms with Gasteiger partial charge in [0.25, 0.3) is 0 Å². The number of benzene rings is 1. The summed E-state index contributed by atoms with van der Waals surface area (Å²) >= 11 is 0. The van der Waals surface area contributed by atoms with E-state index in [-0.39, 0.29) is 0 Å². The molecule has 0 radical (unpaired) electrons. The van der Waals surface area contributed by atoms with E-state index in [2.05, 4.69) is 9.97 Å². The largest absolute Gasteiger partial charge is 0.497 e. The van der Waals surface area contributed by atoms with Crippen LogP contribution >= 0.6 is 0 Å². The maximum atomic E-state index is 5.26. The Morgan fingerprint density at radius 1 is 1.22 bits per heavy atom. The summed E-state index contributed by atoms with van der Waals surface area (Å²) in [4.78, 5) is 7.40. The van der Waals surface area contributed by atoms with Crippen LogP contribution in [-0.4, -0.2) is 17.1 Å². The summed E-state index contributed by atoms with van der Waals surface area (Å²) < 4.78 is 10.4. The second kappa shape index (κ2) is 4.41. The molecule has 4 nitrogen and oxygen atoms in total. The zero-order valence-corrected chi connectivity index (χ0v) is 9.88. The van der Waals surface area contributed by atoms with Crippen LogP contribution < -0.4 is 4.74 Å². The van der Waals surface area contributed by atoms with Crippen molar-refractivity contribution in [3.05, 3.63) is 49.2 Å². The van der Waals surface area contributed by atoms with Crippen molar-refractivity contribution in [2.24, 2.45) is 0 Å². The number of imidazole rings is 1. The minimum absolute atomic E-state index is 0.800. The van der Waals surface area contributed by atoms with E-state index in [4.69, 9.17) is 9.15 Å². The third-order valence-electron chi connectivity index (χ3n) is 2.81. The molecule has 0 unspecified atom stereocenters. The first-order chi connectivity index (χ1) is 8.88. The van der Waals surface area contributed by atoms with E-state index in [1.165, 1.54) is 0 Å². The Morgan fingerprint density at radius 3 is 2.83 bits per heavy atom. The van der Waals surface area contributed by atoms with Gasteiger partial charge in [-0.25, -0.2) is 4.98 Å². The van der Waals surface area contributed by atoms with Gasteiger partial charge in [-0.1, -0.05) is 0 Å². The molecule has 1 N–H and O–H groups in total. The van der Waals surface area contributed by atoms with Gasteiger partial charge in [0, 0.05) is 23.5 Å². The molecule has 3 aromatic rings. The highest BCUT2D eigenvalue weighted by Gasteiger charge is 2.11. The molecule has 0 aliphatic carbocycles. The quantitative estimate of drug-likeness (QED) is 0.763. The van der Waals surface area contributed by atoms with Gasteiger partial charge in [0.15, 0.2) is 0 Å². The number of aromatic nitrogens is 2. The number of H-pyrrole nitrogens is 1. The average Bonchev–Trinajstić information content (AvgIpc) is 3.11. The third kappa shape index (κ3) is 1.78. The van der Waals surface area contributed by atoms with Crippen molar-refractivity contribution in [2.45, 2.75) is 0 Å². The number of nitrogens with one attached hydrogen (secondary N) is 1. The molecule has 1 aromatic carbocycles. The molecule has 0 fully saturated rings. The van der Waals surface area contributed by atoms with Crippen molar-refractivity contribution in [2.75, 3.05) is 7.11 Å². The molecule has 0 aliphatic heterocycles. The summed E-state index contributed by atoms with van der Waals surface area (Å²) in [6, 6.07) is 7.81. The van der Waals surface area contributed by atoms with Crippen LogP contribution in [0.1, 0.15) is 0 Å². The fourth-order valence-corrected chi connectivity index (χ4v) is 1.93. The van der Waals surface area contributed by atoms with E-state index in [9.17, 15) is 0 Å². The van der Waals surface area contributed by atoms with Crippen molar-refractivity contribution in [1.29, 1.82) is 0 Å². The summed E-state index contributed by atoms with van der Waals surface area (Å²) in [6.07, 6.45) is 6.90. The number of hydrogen-bond acceptors (Lipinski definition) is 3. The van der Waals surface area contributed by atoms with E-state index in [0.717, 1.165) is 28.3 Å². The number of aromatic amines is 1. The Bertz CT molecular complexity index is 628. The number of hydrogen-bond donors (Lipinski definition) is 1. The van der Waals surface area contributed by atoms with Gasteiger partial charge in [-0.3, -0.25) is 0 Å². The molecule has 0 saturated carbocycles. The molecule has 0 aliphatic rings. The lowest BCUT2D eigenvalue weighted by Gasteiger charge is -2.08. The second-order valence-electron chi connectivity index (χ2n) is 3.86. The van der Waals surface area contributed by atoms with E-state index < -0.39 is 0 Å². The van der Waals surface area contributed by atoms with Gasteiger partial charge in [-0.05, 0) is 29.8 Å². The minimum Gasteiger partial charge on any atom is -0.497 e. The van der Waals surface area contributed by atoms with E-state index in [1.54, 1.807) is 32.0 Å². The molecule has 0 saturated heterocycles. The molecule has 18 heavy (non-hydrogen) atoms. The molecule has 0 amide bonds. The fourth-order valence-electron chi connectivity index (χ4n) is 1.93. The predicted octanol–water partition coefficient (Wildman–Crippen LogP) is 3.35. The monoisotopic (exact) mass is 240 g/mol. The Balaban J connectivity index is 2.19. The maximum Gasteiger partial charge on any atom is 0.138 e.